The molecule has 21 heavy (non-hydrogen) atoms. The van der Waals surface area contributed by atoms with Gasteiger partial charge >= 0.3 is 0 Å². The Balaban J connectivity index is 0.000000400. The molecule has 0 nitrogen and oxygen atoms in total. The van der Waals surface area contributed by atoms with Crippen molar-refractivity contribution in [3.63, 3.8) is 0 Å². The van der Waals surface area contributed by atoms with Crippen LogP contribution in [0.2, 0.25) is 0 Å². The van der Waals surface area contributed by atoms with E-state index in [-0.39, 0.29) is 0 Å². The SMILES string of the molecule is C=CCC=CCCCC.C=CCC=CCc1ccccc1. The second-order valence-corrected chi connectivity index (χ2v) is 4.82. The van der Waals surface area contributed by atoms with Crippen molar-refractivity contribution in [3.05, 3.63) is 85.5 Å². The minimum atomic E-state index is 0.965. The van der Waals surface area contributed by atoms with E-state index in [0.717, 1.165) is 19.3 Å². The Hall–Kier alpha value is -1.82. The van der Waals surface area contributed by atoms with E-state index >= 15 is 0 Å². The van der Waals surface area contributed by atoms with Crippen LogP contribution < -0.4 is 0 Å². The first-order chi connectivity index (χ1) is 10.3. The van der Waals surface area contributed by atoms with E-state index in [0.29, 0.717) is 0 Å². The van der Waals surface area contributed by atoms with Crippen molar-refractivity contribution >= 4 is 0 Å². The summed E-state index contributed by atoms with van der Waals surface area (Å²) in [4.78, 5) is 0. The van der Waals surface area contributed by atoms with Crippen molar-refractivity contribution in [2.45, 2.75) is 45.4 Å². The summed E-state index contributed by atoms with van der Waals surface area (Å²) >= 11 is 0. The Labute approximate surface area is 131 Å². The van der Waals surface area contributed by atoms with E-state index in [2.05, 4.69) is 68.7 Å². The van der Waals surface area contributed by atoms with Gasteiger partial charge in [0, 0.05) is 0 Å². The predicted octanol–water partition coefficient (Wildman–Crippen LogP) is 6.67. The van der Waals surface area contributed by atoms with Crippen LogP contribution in [0.1, 0.15) is 44.6 Å². The Morgan fingerprint density at radius 3 is 2.05 bits per heavy atom. The fourth-order valence-electron chi connectivity index (χ4n) is 1.66. The average molecular weight is 282 g/mol. The van der Waals surface area contributed by atoms with Gasteiger partial charge in [0.05, 0.1) is 0 Å². The molecule has 1 aromatic carbocycles. The quantitative estimate of drug-likeness (QED) is 0.350. The highest BCUT2D eigenvalue weighted by atomic mass is 13.9. The van der Waals surface area contributed by atoms with E-state index < -0.39 is 0 Å². The Kier molecular flexibility index (Phi) is 14.8. The molecule has 1 rings (SSSR count). The third-order valence-electron chi connectivity index (χ3n) is 2.86. The van der Waals surface area contributed by atoms with Crippen molar-refractivity contribution < 1.29 is 0 Å². The van der Waals surface area contributed by atoms with Gasteiger partial charge in [-0.15, -0.1) is 13.2 Å². The van der Waals surface area contributed by atoms with Crippen molar-refractivity contribution in [1.29, 1.82) is 0 Å². The lowest BCUT2D eigenvalue weighted by Crippen LogP contribution is -1.77. The normalized spacial score (nSPS) is 10.3. The summed E-state index contributed by atoms with van der Waals surface area (Å²) in [5.41, 5.74) is 1.36. The van der Waals surface area contributed by atoms with Crippen LogP contribution in [0.15, 0.2) is 79.9 Å². The monoisotopic (exact) mass is 282 g/mol. The van der Waals surface area contributed by atoms with Gasteiger partial charge in [-0.25, -0.2) is 0 Å². The average Bonchev–Trinajstić information content (AvgIpc) is 2.53. The maximum atomic E-state index is 3.65. The third-order valence-corrected chi connectivity index (χ3v) is 2.86. The molecule has 1 aromatic rings. The molecule has 0 N–H and O–H groups in total. The van der Waals surface area contributed by atoms with Crippen molar-refractivity contribution in [2.24, 2.45) is 0 Å². The lowest BCUT2D eigenvalue weighted by atomic mass is 10.1. The third kappa shape index (κ3) is 14.4. The molecule has 0 aliphatic carbocycles. The summed E-state index contributed by atoms with van der Waals surface area (Å²) in [6, 6.07) is 10.4. The molecule has 0 spiro atoms. The number of hydrogen-bond acceptors (Lipinski definition) is 0. The minimum absolute atomic E-state index is 0.965. The second-order valence-electron chi connectivity index (χ2n) is 4.82. The maximum Gasteiger partial charge on any atom is -0.00973 e. The fourth-order valence-corrected chi connectivity index (χ4v) is 1.66. The minimum Gasteiger partial charge on any atom is -0.103 e. The smallest absolute Gasteiger partial charge is 0.00973 e. The van der Waals surface area contributed by atoms with Crippen LogP contribution in [0.5, 0.6) is 0 Å². The van der Waals surface area contributed by atoms with Crippen LogP contribution in [0.3, 0.4) is 0 Å². The van der Waals surface area contributed by atoms with Crippen LogP contribution in [-0.2, 0) is 6.42 Å². The molecular formula is C21H30. The molecule has 0 aromatic heterocycles. The molecule has 0 aliphatic rings. The van der Waals surface area contributed by atoms with E-state index in [9.17, 15) is 0 Å². The van der Waals surface area contributed by atoms with Crippen LogP contribution >= 0.6 is 0 Å². The molecular weight excluding hydrogens is 252 g/mol. The van der Waals surface area contributed by atoms with Gasteiger partial charge in [-0.1, -0.05) is 86.6 Å². The van der Waals surface area contributed by atoms with Gasteiger partial charge in [-0.05, 0) is 31.2 Å². The number of hydrogen-bond donors (Lipinski definition) is 0. The molecule has 0 heterocycles. The van der Waals surface area contributed by atoms with Crippen LogP contribution in [-0.4, -0.2) is 0 Å². The van der Waals surface area contributed by atoms with E-state index in [1.165, 1.54) is 24.8 Å². The van der Waals surface area contributed by atoms with E-state index in [4.69, 9.17) is 0 Å². The largest absolute Gasteiger partial charge is 0.103 e. The number of benzene rings is 1. The van der Waals surface area contributed by atoms with Crippen molar-refractivity contribution in [2.75, 3.05) is 0 Å². The number of allylic oxidation sites excluding steroid dienone is 6. The molecule has 0 aliphatic heterocycles. The molecule has 0 unspecified atom stereocenters. The zero-order valence-electron chi connectivity index (χ0n) is 13.5. The second kappa shape index (κ2) is 16.2. The van der Waals surface area contributed by atoms with Gasteiger partial charge in [-0.2, -0.15) is 0 Å². The van der Waals surface area contributed by atoms with Gasteiger partial charge in [0.1, 0.15) is 0 Å². The lowest BCUT2D eigenvalue weighted by Gasteiger charge is -1.92. The molecule has 0 atom stereocenters. The van der Waals surface area contributed by atoms with Crippen molar-refractivity contribution in [3.8, 4) is 0 Å². The molecule has 114 valence electrons. The lowest BCUT2D eigenvalue weighted by molar-refractivity contribution is 0.813. The van der Waals surface area contributed by atoms with Gasteiger partial charge in [0.15, 0.2) is 0 Å². The summed E-state index contributed by atoms with van der Waals surface area (Å²) in [6.07, 6.45) is 19.4. The summed E-state index contributed by atoms with van der Waals surface area (Å²) in [5.74, 6) is 0. The van der Waals surface area contributed by atoms with E-state index in [1.807, 2.05) is 18.2 Å². The first kappa shape index (κ1) is 19.2. The van der Waals surface area contributed by atoms with Gasteiger partial charge < -0.3 is 0 Å². The summed E-state index contributed by atoms with van der Waals surface area (Å²) in [5, 5.41) is 0. The highest BCUT2D eigenvalue weighted by molar-refractivity contribution is 5.17. The number of unbranched alkanes of at least 4 members (excludes halogenated alkanes) is 2. The Morgan fingerprint density at radius 2 is 1.48 bits per heavy atom. The standard InChI is InChI=1S/C12H14.C9H16/c1-2-3-4-6-9-12-10-7-5-8-11-12;1-3-5-7-9-8-6-4-2/h2,4-8,10-11H,1,3,9H2;3,7,9H,1,4-6,8H2,2H3. The fraction of sp³-hybridized carbons (Fsp3) is 0.333. The van der Waals surface area contributed by atoms with E-state index in [1.54, 1.807) is 0 Å². The zero-order chi connectivity index (χ0) is 15.6. The highest BCUT2D eigenvalue weighted by Gasteiger charge is 1.84. The van der Waals surface area contributed by atoms with Gasteiger partial charge in [0.2, 0.25) is 0 Å². The molecule has 0 amide bonds. The first-order valence-corrected chi connectivity index (χ1v) is 7.90. The van der Waals surface area contributed by atoms with Crippen LogP contribution in [0.25, 0.3) is 0 Å². The Bertz CT molecular complexity index is 395. The summed E-state index contributed by atoms with van der Waals surface area (Å²) < 4.78 is 0. The Morgan fingerprint density at radius 1 is 0.857 bits per heavy atom. The number of rotatable bonds is 9. The molecule has 0 bridgehead atoms. The molecule has 0 saturated heterocycles. The van der Waals surface area contributed by atoms with Crippen LogP contribution in [0, 0.1) is 0 Å². The predicted molar refractivity (Wildman–Crippen MR) is 97.6 cm³/mol. The van der Waals surface area contributed by atoms with Gasteiger partial charge in [0.25, 0.3) is 0 Å². The zero-order valence-corrected chi connectivity index (χ0v) is 13.5. The molecule has 0 radical (unpaired) electrons. The van der Waals surface area contributed by atoms with Crippen LogP contribution in [0.4, 0.5) is 0 Å². The first-order valence-electron chi connectivity index (χ1n) is 7.90. The molecule has 0 fully saturated rings. The topological polar surface area (TPSA) is 0 Å². The highest BCUT2D eigenvalue weighted by Crippen LogP contribution is 2.00. The summed E-state index contributed by atoms with van der Waals surface area (Å²) in [6.45, 7) is 9.49. The molecule has 0 saturated carbocycles. The van der Waals surface area contributed by atoms with Crippen molar-refractivity contribution in [1.82, 2.24) is 0 Å². The van der Waals surface area contributed by atoms with Gasteiger partial charge in [-0.3, -0.25) is 0 Å². The maximum absolute atomic E-state index is 3.65. The molecule has 0 heteroatoms. The summed E-state index contributed by atoms with van der Waals surface area (Å²) in [7, 11) is 0.